The van der Waals surface area contributed by atoms with Gasteiger partial charge in [0.2, 0.25) is 11.8 Å². The second kappa shape index (κ2) is 8.38. The van der Waals surface area contributed by atoms with Gasteiger partial charge in [-0.05, 0) is 25.2 Å². The largest absolute Gasteiger partial charge is 0.346 e. The summed E-state index contributed by atoms with van der Waals surface area (Å²) in [6.07, 6.45) is 3.11. The molecule has 1 rings (SSSR count). The predicted molar refractivity (Wildman–Crippen MR) is 78.1 cm³/mol. The summed E-state index contributed by atoms with van der Waals surface area (Å²) in [5.74, 6) is -0.162. The van der Waals surface area contributed by atoms with Crippen LogP contribution in [0.3, 0.4) is 0 Å². The van der Waals surface area contributed by atoms with Crippen molar-refractivity contribution in [1.82, 2.24) is 10.2 Å². The van der Waals surface area contributed by atoms with Crippen molar-refractivity contribution in [3.63, 3.8) is 0 Å². The van der Waals surface area contributed by atoms with Crippen LogP contribution in [0.1, 0.15) is 40.0 Å². The molecule has 19 heavy (non-hydrogen) atoms. The number of nitrogens with two attached hydrogens (primary N) is 1. The Morgan fingerprint density at radius 3 is 2.58 bits per heavy atom. The average Bonchev–Trinajstić information content (AvgIpc) is 2.82. The standard InChI is InChI=1S/C13H25N3O2.ClH/c1-4-10-6-5-7-16(10)11(17)8-15-13(18)12(14)9(2)3;/h9-10,12H,4-8,14H2,1-3H3,(H,15,18);1H/t10?,12-;/m0./s1. The maximum Gasteiger partial charge on any atom is 0.242 e. The highest BCUT2D eigenvalue weighted by molar-refractivity contribution is 5.87. The third kappa shape index (κ3) is 4.99. The van der Waals surface area contributed by atoms with Crippen LogP contribution in [0.5, 0.6) is 0 Å². The molecule has 0 aromatic heterocycles. The van der Waals surface area contributed by atoms with E-state index in [1.165, 1.54) is 0 Å². The molecule has 1 heterocycles. The summed E-state index contributed by atoms with van der Waals surface area (Å²) in [5.41, 5.74) is 5.72. The van der Waals surface area contributed by atoms with Crippen molar-refractivity contribution in [3.8, 4) is 0 Å². The molecular formula is C13H26ClN3O2. The molecule has 0 bridgehead atoms. The Balaban J connectivity index is 0.00000324. The molecule has 1 unspecified atom stereocenters. The lowest BCUT2D eigenvalue weighted by Crippen LogP contribution is -2.48. The number of likely N-dealkylation sites (tertiary alicyclic amines) is 1. The molecule has 0 radical (unpaired) electrons. The number of halogens is 1. The molecule has 1 aliphatic heterocycles. The van der Waals surface area contributed by atoms with Crippen molar-refractivity contribution >= 4 is 24.2 Å². The van der Waals surface area contributed by atoms with E-state index in [9.17, 15) is 9.59 Å². The first-order chi connectivity index (χ1) is 8.47. The zero-order valence-corrected chi connectivity index (χ0v) is 12.8. The van der Waals surface area contributed by atoms with Gasteiger partial charge >= 0.3 is 0 Å². The fourth-order valence-electron chi connectivity index (χ4n) is 2.27. The fraction of sp³-hybridized carbons (Fsp3) is 0.846. The number of carbonyl (C=O) groups is 2. The highest BCUT2D eigenvalue weighted by Crippen LogP contribution is 2.19. The topological polar surface area (TPSA) is 75.4 Å². The van der Waals surface area contributed by atoms with E-state index in [0.29, 0.717) is 6.04 Å². The van der Waals surface area contributed by atoms with Gasteiger partial charge in [0.15, 0.2) is 0 Å². The molecule has 0 aromatic carbocycles. The van der Waals surface area contributed by atoms with E-state index in [1.54, 1.807) is 0 Å². The monoisotopic (exact) mass is 291 g/mol. The number of nitrogens with one attached hydrogen (secondary N) is 1. The van der Waals surface area contributed by atoms with E-state index in [1.807, 2.05) is 18.7 Å². The summed E-state index contributed by atoms with van der Waals surface area (Å²) >= 11 is 0. The van der Waals surface area contributed by atoms with Crippen molar-refractivity contribution in [2.24, 2.45) is 11.7 Å². The van der Waals surface area contributed by atoms with Gasteiger partial charge in [-0.15, -0.1) is 12.4 Å². The van der Waals surface area contributed by atoms with Crippen LogP contribution in [0.15, 0.2) is 0 Å². The van der Waals surface area contributed by atoms with Gasteiger partial charge in [-0.3, -0.25) is 9.59 Å². The molecule has 2 amide bonds. The second-order valence-corrected chi connectivity index (χ2v) is 5.28. The van der Waals surface area contributed by atoms with Crippen molar-refractivity contribution in [3.05, 3.63) is 0 Å². The maximum absolute atomic E-state index is 12.0. The molecule has 0 spiro atoms. The Kier molecular flexibility index (Phi) is 8.02. The highest BCUT2D eigenvalue weighted by Gasteiger charge is 2.27. The van der Waals surface area contributed by atoms with Crippen LogP contribution in [0.2, 0.25) is 0 Å². The molecule has 0 aromatic rings. The van der Waals surface area contributed by atoms with Crippen LogP contribution >= 0.6 is 12.4 Å². The van der Waals surface area contributed by atoms with Crippen molar-refractivity contribution in [2.75, 3.05) is 13.1 Å². The molecule has 3 N–H and O–H groups in total. The minimum Gasteiger partial charge on any atom is -0.346 e. The van der Waals surface area contributed by atoms with Crippen molar-refractivity contribution in [2.45, 2.75) is 52.1 Å². The minimum absolute atomic E-state index is 0. The van der Waals surface area contributed by atoms with Gasteiger partial charge in [-0.25, -0.2) is 0 Å². The minimum atomic E-state index is -0.543. The lowest BCUT2D eigenvalue weighted by molar-refractivity contribution is -0.134. The Morgan fingerprint density at radius 2 is 2.05 bits per heavy atom. The van der Waals surface area contributed by atoms with E-state index in [-0.39, 0.29) is 36.7 Å². The number of carbonyl (C=O) groups excluding carboxylic acids is 2. The van der Waals surface area contributed by atoms with Gasteiger partial charge in [0.05, 0.1) is 12.6 Å². The van der Waals surface area contributed by atoms with E-state index in [4.69, 9.17) is 5.73 Å². The number of rotatable bonds is 5. The van der Waals surface area contributed by atoms with Gasteiger partial charge in [0.25, 0.3) is 0 Å². The summed E-state index contributed by atoms with van der Waals surface area (Å²) in [6, 6.07) is -0.202. The van der Waals surface area contributed by atoms with Crippen LogP contribution in [-0.2, 0) is 9.59 Å². The molecule has 6 heteroatoms. The maximum atomic E-state index is 12.0. The van der Waals surface area contributed by atoms with E-state index in [2.05, 4.69) is 12.2 Å². The molecule has 2 atom stereocenters. The van der Waals surface area contributed by atoms with Crippen LogP contribution in [0.4, 0.5) is 0 Å². The van der Waals surface area contributed by atoms with Gasteiger partial charge in [0, 0.05) is 12.6 Å². The first kappa shape index (κ1) is 18.2. The lowest BCUT2D eigenvalue weighted by atomic mass is 10.1. The molecular weight excluding hydrogens is 266 g/mol. The normalized spacial score (nSPS) is 20.1. The van der Waals surface area contributed by atoms with Gasteiger partial charge in [0.1, 0.15) is 0 Å². The van der Waals surface area contributed by atoms with Gasteiger partial charge in [-0.1, -0.05) is 20.8 Å². The average molecular weight is 292 g/mol. The van der Waals surface area contributed by atoms with Gasteiger partial charge < -0.3 is 16.0 Å². The molecule has 1 fully saturated rings. The summed E-state index contributed by atoms with van der Waals surface area (Å²) in [6.45, 7) is 6.74. The smallest absolute Gasteiger partial charge is 0.242 e. The Labute approximate surface area is 121 Å². The molecule has 112 valence electrons. The number of amides is 2. The Hall–Kier alpha value is -0.810. The first-order valence-corrected chi connectivity index (χ1v) is 6.80. The number of hydrogen-bond acceptors (Lipinski definition) is 3. The summed E-state index contributed by atoms with van der Waals surface area (Å²) < 4.78 is 0. The van der Waals surface area contributed by atoms with Crippen molar-refractivity contribution < 1.29 is 9.59 Å². The summed E-state index contributed by atoms with van der Waals surface area (Å²) in [4.78, 5) is 25.5. The molecule has 1 saturated heterocycles. The van der Waals surface area contributed by atoms with Crippen LogP contribution in [-0.4, -0.2) is 41.9 Å². The number of nitrogens with zero attached hydrogens (tertiary/aromatic N) is 1. The van der Waals surface area contributed by atoms with Crippen molar-refractivity contribution in [1.29, 1.82) is 0 Å². The van der Waals surface area contributed by atoms with E-state index in [0.717, 1.165) is 25.8 Å². The number of hydrogen-bond donors (Lipinski definition) is 2. The van der Waals surface area contributed by atoms with Crippen LogP contribution in [0.25, 0.3) is 0 Å². The summed E-state index contributed by atoms with van der Waals surface area (Å²) in [7, 11) is 0. The SMILES string of the molecule is CCC1CCCN1C(=O)CNC(=O)[C@@H](N)C(C)C.Cl. The quantitative estimate of drug-likeness (QED) is 0.790. The van der Waals surface area contributed by atoms with E-state index < -0.39 is 6.04 Å². The Bertz CT molecular complexity index is 310. The first-order valence-electron chi connectivity index (χ1n) is 6.80. The van der Waals surface area contributed by atoms with E-state index >= 15 is 0 Å². The zero-order chi connectivity index (χ0) is 13.7. The summed E-state index contributed by atoms with van der Waals surface area (Å²) in [5, 5.41) is 2.63. The Morgan fingerprint density at radius 1 is 1.42 bits per heavy atom. The highest BCUT2D eigenvalue weighted by atomic mass is 35.5. The van der Waals surface area contributed by atoms with Crippen LogP contribution in [0, 0.1) is 5.92 Å². The molecule has 1 aliphatic rings. The predicted octanol–water partition coefficient (Wildman–Crippen LogP) is 0.909. The van der Waals surface area contributed by atoms with Crippen LogP contribution < -0.4 is 11.1 Å². The molecule has 5 nitrogen and oxygen atoms in total. The molecule has 0 aliphatic carbocycles. The molecule has 0 saturated carbocycles. The third-order valence-corrected chi connectivity index (χ3v) is 3.60. The lowest BCUT2D eigenvalue weighted by Gasteiger charge is -2.24. The second-order valence-electron chi connectivity index (χ2n) is 5.28. The fourth-order valence-corrected chi connectivity index (χ4v) is 2.27. The third-order valence-electron chi connectivity index (χ3n) is 3.60. The zero-order valence-electron chi connectivity index (χ0n) is 12.0. The van der Waals surface area contributed by atoms with Gasteiger partial charge in [-0.2, -0.15) is 0 Å².